The second-order valence-electron chi connectivity index (χ2n) is 5.90. The number of hydrogen-bond donors (Lipinski definition) is 1. The molecule has 0 amide bonds. The Hall–Kier alpha value is -0.530. The van der Waals surface area contributed by atoms with Gasteiger partial charge in [0.05, 0.1) is 5.71 Å². The van der Waals surface area contributed by atoms with E-state index in [-0.39, 0.29) is 5.41 Å². The van der Waals surface area contributed by atoms with E-state index in [1.54, 1.807) is 0 Å². The van der Waals surface area contributed by atoms with Gasteiger partial charge in [-0.1, -0.05) is 32.3 Å². The maximum atomic E-state index is 9.03. The van der Waals surface area contributed by atoms with Gasteiger partial charge in [0.15, 0.2) is 0 Å². The number of oxime groups is 1. The molecule has 2 rings (SSSR count). The van der Waals surface area contributed by atoms with E-state index in [4.69, 9.17) is 5.21 Å². The van der Waals surface area contributed by atoms with Crippen LogP contribution in [0.2, 0.25) is 0 Å². The van der Waals surface area contributed by atoms with Crippen LogP contribution in [0.1, 0.15) is 52.9 Å². The maximum Gasteiger partial charge on any atom is 0.0632 e. The number of rotatable bonds is 0. The topological polar surface area (TPSA) is 32.6 Å². The van der Waals surface area contributed by atoms with Gasteiger partial charge in [0.2, 0.25) is 0 Å². The first-order valence-corrected chi connectivity index (χ1v) is 5.72. The molecule has 2 aliphatic carbocycles. The first-order valence-electron chi connectivity index (χ1n) is 5.72. The van der Waals surface area contributed by atoms with E-state index < -0.39 is 0 Å². The third-order valence-corrected chi connectivity index (χ3v) is 4.68. The quantitative estimate of drug-likeness (QED) is 0.466. The Bertz CT molecular complexity index is 269. The number of fused-ring (bicyclic) bond motifs is 1. The molecule has 0 spiro atoms. The van der Waals surface area contributed by atoms with Crippen LogP contribution in [0.4, 0.5) is 0 Å². The van der Waals surface area contributed by atoms with Crippen LogP contribution in [-0.4, -0.2) is 10.9 Å². The second kappa shape index (κ2) is 2.98. The van der Waals surface area contributed by atoms with Crippen molar-refractivity contribution in [3.63, 3.8) is 0 Å². The zero-order valence-electron chi connectivity index (χ0n) is 9.51. The summed E-state index contributed by atoms with van der Waals surface area (Å²) >= 11 is 0. The lowest BCUT2D eigenvalue weighted by atomic mass is 9.58. The molecule has 0 aromatic carbocycles. The Kier molecular flexibility index (Phi) is 2.13. The molecule has 0 aromatic rings. The van der Waals surface area contributed by atoms with Crippen LogP contribution in [0.15, 0.2) is 5.16 Å². The lowest BCUT2D eigenvalue weighted by Gasteiger charge is -2.47. The average Bonchev–Trinajstić information content (AvgIpc) is 2.42. The Balaban J connectivity index is 2.35. The van der Waals surface area contributed by atoms with E-state index in [2.05, 4.69) is 25.9 Å². The molecular formula is C12H21NO. The molecule has 2 nitrogen and oxygen atoms in total. The van der Waals surface area contributed by atoms with Crippen molar-refractivity contribution >= 4 is 5.71 Å². The molecule has 0 heterocycles. The highest BCUT2D eigenvalue weighted by atomic mass is 16.4. The molecule has 14 heavy (non-hydrogen) atoms. The van der Waals surface area contributed by atoms with Gasteiger partial charge in [-0.3, -0.25) is 0 Å². The minimum absolute atomic E-state index is 0.191. The molecule has 2 fully saturated rings. The smallest absolute Gasteiger partial charge is 0.0632 e. The van der Waals surface area contributed by atoms with E-state index in [1.807, 2.05) is 0 Å². The van der Waals surface area contributed by atoms with Crippen LogP contribution < -0.4 is 0 Å². The van der Waals surface area contributed by atoms with Crippen LogP contribution in [0.3, 0.4) is 0 Å². The van der Waals surface area contributed by atoms with Gasteiger partial charge in [0, 0.05) is 5.41 Å². The van der Waals surface area contributed by atoms with Gasteiger partial charge in [-0.15, -0.1) is 0 Å². The fraction of sp³-hybridized carbons (Fsp3) is 0.917. The third-order valence-electron chi connectivity index (χ3n) is 4.68. The number of nitrogens with zero attached hydrogens (tertiary/aromatic N) is 1. The minimum atomic E-state index is 0.191. The fourth-order valence-corrected chi connectivity index (χ4v) is 3.91. The van der Waals surface area contributed by atoms with Gasteiger partial charge in [0.25, 0.3) is 0 Å². The SMILES string of the molecule is CC1(C)CCC[C@@]2(C)C(=NO)CC[C@@H]12. The molecule has 2 atom stereocenters. The first-order chi connectivity index (χ1) is 6.50. The lowest BCUT2D eigenvalue weighted by molar-refractivity contribution is 0.0588. The van der Waals surface area contributed by atoms with E-state index in [0.29, 0.717) is 5.41 Å². The van der Waals surface area contributed by atoms with Crippen molar-refractivity contribution < 1.29 is 5.21 Å². The molecule has 0 saturated heterocycles. The van der Waals surface area contributed by atoms with E-state index in [9.17, 15) is 0 Å². The molecule has 0 bridgehead atoms. The van der Waals surface area contributed by atoms with Gasteiger partial charge < -0.3 is 5.21 Å². The Morgan fingerprint density at radius 2 is 2.00 bits per heavy atom. The van der Waals surface area contributed by atoms with Gasteiger partial charge in [-0.25, -0.2) is 0 Å². The predicted molar refractivity (Wildman–Crippen MR) is 57.7 cm³/mol. The monoisotopic (exact) mass is 195 g/mol. The van der Waals surface area contributed by atoms with Crippen molar-refractivity contribution in [3.05, 3.63) is 0 Å². The maximum absolute atomic E-state index is 9.03. The second-order valence-corrected chi connectivity index (χ2v) is 5.90. The lowest BCUT2D eigenvalue weighted by Crippen LogP contribution is -2.41. The van der Waals surface area contributed by atoms with Gasteiger partial charge in [0.1, 0.15) is 0 Å². The molecule has 2 heteroatoms. The average molecular weight is 195 g/mol. The van der Waals surface area contributed by atoms with Crippen molar-refractivity contribution in [3.8, 4) is 0 Å². The third kappa shape index (κ3) is 1.19. The molecule has 1 N–H and O–H groups in total. The summed E-state index contributed by atoms with van der Waals surface area (Å²) in [5, 5.41) is 12.6. The summed E-state index contributed by atoms with van der Waals surface area (Å²) < 4.78 is 0. The highest BCUT2D eigenvalue weighted by Gasteiger charge is 2.52. The Labute approximate surface area is 86.4 Å². The van der Waals surface area contributed by atoms with Crippen LogP contribution >= 0.6 is 0 Å². The van der Waals surface area contributed by atoms with Crippen molar-refractivity contribution in [1.29, 1.82) is 0 Å². The van der Waals surface area contributed by atoms with Crippen LogP contribution in [0.25, 0.3) is 0 Å². The fourth-order valence-electron chi connectivity index (χ4n) is 3.91. The molecule has 80 valence electrons. The van der Waals surface area contributed by atoms with Crippen molar-refractivity contribution in [2.75, 3.05) is 0 Å². The largest absolute Gasteiger partial charge is 0.411 e. The first kappa shape index (κ1) is 10.0. The predicted octanol–water partition coefficient (Wildman–Crippen LogP) is 3.44. The summed E-state index contributed by atoms with van der Waals surface area (Å²) in [4.78, 5) is 0. The van der Waals surface area contributed by atoms with Crippen LogP contribution in [0, 0.1) is 16.7 Å². The Morgan fingerprint density at radius 3 is 2.64 bits per heavy atom. The molecular weight excluding hydrogens is 174 g/mol. The molecule has 2 saturated carbocycles. The van der Waals surface area contributed by atoms with Crippen molar-refractivity contribution in [2.45, 2.75) is 52.9 Å². The van der Waals surface area contributed by atoms with Gasteiger partial charge >= 0.3 is 0 Å². The summed E-state index contributed by atoms with van der Waals surface area (Å²) in [6, 6.07) is 0. The molecule has 2 aliphatic rings. The van der Waals surface area contributed by atoms with Gasteiger partial charge in [-0.05, 0) is 37.0 Å². The minimum Gasteiger partial charge on any atom is -0.411 e. The van der Waals surface area contributed by atoms with Crippen LogP contribution in [-0.2, 0) is 0 Å². The van der Waals surface area contributed by atoms with Crippen LogP contribution in [0.5, 0.6) is 0 Å². The number of hydrogen-bond acceptors (Lipinski definition) is 2. The molecule has 0 radical (unpaired) electrons. The Morgan fingerprint density at radius 1 is 1.29 bits per heavy atom. The van der Waals surface area contributed by atoms with E-state index in [0.717, 1.165) is 18.1 Å². The summed E-state index contributed by atoms with van der Waals surface area (Å²) in [5.41, 5.74) is 1.67. The van der Waals surface area contributed by atoms with Gasteiger partial charge in [-0.2, -0.15) is 0 Å². The normalized spacial score (nSPS) is 43.9. The van der Waals surface area contributed by atoms with Crippen molar-refractivity contribution in [1.82, 2.24) is 0 Å². The summed E-state index contributed by atoms with van der Waals surface area (Å²) in [6.45, 7) is 7.03. The zero-order valence-corrected chi connectivity index (χ0v) is 9.51. The van der Waals surface area contributed by atoms with E-state index in [1.165, 1.54) is 25.7 Å². The highest BCUT2D eigenvalue weighted by molar-refractivity contribution is 5.92. The molecule has 0 aliphatic heterocycles. The summed E-state index contributed by atoms with van der Waals surface area (Å²) in [7, 11) is 0. The van der Waals surface area contributed by atoms with Crippen molar-refractivity contribution in [2.24, 2.45) is 21.9 Å². The zero-order chi connectivity index (χ0) is 10.4. The molecule has 0 aromatic heterocycles. The standard InChI is InChI=1S/C12H21NO/c1-11(2)7-4-8-12(3)9(11)5-6-10(12)13-14/h9,14H,4-8H2,1-3H3/t9-,12+/m0/s1. The molecule has 0 unspecified atom stereocenters. The summed E-state index contributed by atoms with van der Waals surface area (Å²) in [6.07, 6.45) is 6.02. The van der Waals surface area contributed by atoms with E-state index >= 15 is 0 Å². The summed E-state index contributed by atoms with van der Waals surface area (Å²) in [5.74, 6) is 0.717. The highest BCUT2D eigenvalue weighted by Crippen LogP contribution is 2.57.